The minimum Gasteiger partial charge on any atom is -0.490 e. The van der Waals surface area contributed by atoms with Crippen molar-refractivity contribution in [1.82, 2.24) is 14.9 Å². The summed E-state index contributed by atoms with van der Waals surface area (Å²) in [5.74, 6) is 0.926. The van der Waals surface area contributed by atoms with Gasteiger partial charge >= 0.3 is 0 Å². The first-order chi connectivity index (χ1) is 19.3. The van der Waals surface area contributed by atoms with Crippen molar-refractivity contribution in [2.45, 2.75) is 78.5 Å². The number of hydrogen-bond acceptors (Lipinski definition) is 3. The third-order valence-electron chi connectivity index (χ3n) is 8.47. The van der Waals surface area contributed by atoms with Crippen LogP contribution in [0.25, 0.3) is 5.69 Å². The van der Waals surface area contributed by atoms with E-state index in [1.807, 2.05) is 18.3 Å². The lowest BCUT2D eigenvalue weighted by atomic mass is 9.96. The zero-order chi connectivity index (χ0) is 28.0. The summed E-state index contributed by atoms with van der Waals surface area (Å²) in [6.45, 7) is 11.0. The number of pyridine rings is 1. The molecule has 0 spiro atoms. The molecule has 40 heavy (non-hydrogen) atoms. The van der Waals surface area contributed by atoms with Crippen LogP contribution in [0, 0.1) is 34.6 Å². The van der Waals surface area contributed by atoms with Gasteiger partial charge < -0.3 is 19.5 Å². The van der Waals surface area contributed by atoms with Crippen LogP contribution in [-0.4, -0.2) is 20.8 Å². The lowest BCUT2D eigenvalue weighted by Gasteiger charge is -2.28. The standard InChI is InChI=1S/C34H38N4OS/c1-21-18-22(2)32(23(3)19-21)37-24(4)20-29(25(37)5)33-31(30-12-8-9-17-35-30)36-34(40)38(33)26-13-15-28(16-14-26)39-27-10-6-7-11-27/h8-9,12-20,27,31,33H,6-7,10-11H2,1-5H3,(H,36,40)/t31-,33-/m0/s1. The van der Waals surface area contributed by atoms with E-state index in [4.69, 9.17) is 21.9 Å². The van der Waals surface area contributed by atoms with Gasteiger partial charge in [-0.05, 0) is 132 Å². The highest BCUT2D eigenvalue weighted by Gasteiger charge is 2.42. The number of anilines is 1. The van der Waals surface area contributed by atoms with Gasteiger partial charge in [0.2, 0.25) is 0 Å². The highest BCUT2D eigenvalue weighted by atomic mass is 32.1. The van der Waals surface area contributed by atoms with Crippen LogP contribution in [0.2, 0.25) is 0 Å². The molecule has 1 N–H and O–H groups in total. The summed E-state index contributed by atoms with van der Waals surface area (Å²) < 4.78 is 8.67. The number of nitrogens with zero attached hydrogens (tertiary/aromatic N) is 3. The molecule has 4 aromatic rings. The van der Waals surface area contributed by atoms with Crippen molar-refractivity contribution in [3.63, 3.8) is 0 Å². The Balaban J connectivity index is 1.44. The SMILES string of the molecule is Cc1cc(C)c(-n2c(C)cc([C@H]3[C@H](c4ccccn4)NC(=S)N3c3ccc(OC4CCCC4)cc3)c2C)c(C)c1. The van der Waals surface area contributed by atoms with Gasteiger partial charge in [-0.2, -0.15) is 0 Å². The molecule has 1 aliphatic carbocycles. The first kappa shape index (κ1) is 26.6. The van der Waals surface area contributed by atoms with Gasteiger partial charge in [0.1, 0.15) is 5.75 Å². The highest BCUT2D eigenvalue weighted by Crippen LogP contribution is 2.44. The second kappa shape index (κ2) is 10.7. The number of aromatic nitrogens is 2. The van der Waals surface area contributed by atoms with Crippen LogP contribution in [0.3, 0.4) is 0 Å². The minimum atomic E-state index is -0.0859. The second-order valence-corrected chi connectivity index (χ2v) is 11.8. The molecule has 2 fully saturated rings. The highest BCUT2D eigenvalue weighted by molar-refractivity contribution is 7.80. The third-order valence-corrected chi connectivity index (χ3v) is 8.78. The monoisotopic (exact) mass is 550 g/mol. The molecule has 6 rings (SSSR count). The van der Waals surface area contributed by atoms with Crippen molar-refractivity contribution in [2.24, 2.45) is 0 Å². The number of aryl methyl sites for hydroxylation is 4. The molecular formula is C34H38N4OS. The number of nitrogens with one attached hydrogen (secondary N) is 1. The maximum Gasteiger partial charge on any atom is 0.174 e. The molecule has 1 aliphatic heterocycles. The molecule has 2 aromatic carbocycles. The summed E-state index contributed by atoms with van der Waals surface area (Å²) in [7, 11) is 0. The van der Waals surface area contributed by atoms with E-state index in [9.17, 15) is 0 Å². The number of thiocarbonyl (C=S) groups is 1. The fourth-order valence-corrected chi connectivity index (χ4v) is 7.14. The molecular weight excluding hydrogens is 512 g/mol. The predicted octanol–water partition coefficient (Wildman–Crippen LogP) is 7.91. The molecule has 1 saturated heterocycles. The fraction of sp³-hybridized carbons (Fsp3) is 0.353. The van der Waals surface area contributed by atoms with Crippen molar-refractivity contribution in [3.05, 3.63) is 106 Å². The summed E-state index contributed by atoms with van der Waals surface area (Å²) in [6.07, 6.45) is 6.99. The Bertz CT molecular complexity index is 1510. The molecule has 2 atom stereocenters. The maximum atomic E-state index is 6.26. The molecule has 1 saturated carbocycles. The van der Waals surface area contributed by atoms with Gasteiger partial charge in [-0.3, -0.25) is 4.98 Å². The van der Waals surface area contributed by atoms with E-state index in [0.717, 1.165) is 30.0 Å². The predicted molar refractivity (Wildman–Crippen MR) is 167 cm³/mol. The average Bonchev–Trinajstić information content (AvgIpc) is 3.63. The largest absolute Gasteiger partial charge is 0.490 e. The van der Waals surface area contributed by atoms with Crippen LogP contribution in [0.15, 0.2) is 66.9 Å². The third kappa shape index (κ3) is 4.79. The molecule has 2 aliphatic rings. The Morgan fingerprint density at radius 3 is 2.25 bits per heavy atom. The number of hydrogen-bond donors (Lipinski definition) is 1. The van der Waals surface area contributed by atoms with Gasteiger partial charge in [-0.15, -0.1) is 0 Å². The molecule has 206 valence electrons. The summed E-state index contributed by atoms with van der Waals surface area (Å²) in [6, 6.07) is 21.3. The van der Waals surface area contributed by atoms with Crippen molar-refractivity contribution in [3.8, 4) is 11.4 Å². The number of ether oxygens (including phenoxy) is 1. The zero-order valence-corrected chi connectivity index (χ0v) is 24.9. The van der Waals surface area contributed by atoms with Crippen molar-refractivity contribution < 1.29 is 4.74 Å². The summed E-state index contributed by atoms with van der Waals surface area (Å²) in [5.41, 5.74) is 10.8. The Morgan fingerprint density at radius 1 is 0.900 bits per heavy atom. The van der Waals surface area contributed by atoms with Gasteiger partial charge in [0.05, 0.1) is 29.6 Å². The molecule has 0 unspecified atom stereocenters. The quantitative estimate of drug-likeness (QED) is 0.247. The van der Waals surface area contributed by atoms with Gasteiger partial charge in [0, 0.05) is 23.3 Å². The Morgan fingerprint density at radius 2 is 1.60 bits per heavy atom. The van der Waals surface area contributed by atoms with Crippen LogP contribution in [0.5, 0.6) is 5.75 Å². The Kier molecular flexibility index (Phi) is 7.13. The van der Waals surface area contributed by atoms with Gasteiger partial charge in [0.25, 0.3) is 0 Å². The number of rotatable bonds is 6. The van der Waals surface area contributed by atoms with E-state index < -0.39 is 0 Å². The summed E-state index contributed by atoms with van der Waals surface area (Å²) in [4.78, 5) is 7.01. The number of benzene rings is 2. The topological polar surface area (TPSA) is 42.3 Å². The normalized spacial score (nSPS) is 19.3. The van der Waals surface area contributed by atoms with Gasteiger partial charge in [-0.25, -0.2) is 0 Å². The average molecular weight is 551 g/mol. The van der Waals surface area contributed by atoms with Crippen molar-refractivity contribution in [1.29, 1.82) is 0 Å². The molecule has 0 radical (unpaired) electrons. The van der Waals surface area contributed by atoms with Crippen molar-refractivity contribution in [2.75, 3.05) is 4.90 Å². The van der Waals surface area contributed by atoms with E-state index in [0.29, 0.717) is 11.2 Å². The first-order valence-corrected chi connectivity index (χ1v) is 14.8. The fourth-order valence-electron chi connectivity index (χ4n) is 6.79. The lowest BCUT2D eigenvalue weighted by molar-refractivity contribution is 0.210. The molecule has 0 bridgehead atoms. The molecule has 0 amide bonds. The van der Waals surface area contributed by atoms with E-state index in [2.05, 4.69) is 97.9 Å². The maximum absolute atomic E-state index is 6.26. The van der Waals surface area contributed by atoms with Gasteiger partial charge in [0.15, 0.2) is 5.11 Å². The lowest BCUT2D eigenvalue weighted by Crippen LogP contribution is -2.29. The van der Waals surface area contributed by atoms with Crippen LogP contribution in [0.4, 0.5) is 5.69 Å². The Labute approximate surface area is 243 Å². The zero-order valence-electron chi connectivity index (χ0n) is 24.1. The van der Waals surface area contributed by atoms with E-state index in [1.54, 1.807) is 0 Å². The van der Waals surface area contributed by atoms with E-state index >= 15 is 0 Å². The van der Waals surface area contributed by atoms with E-state index in [-0.39, 0.29) is 12.1 Å². The first-order valence-electron chi connectivity index (χ1n) is 14.4. The molecule has 5 nitrogen and oxygen atoms in total. The molecule has 2 aromatic heterocycles. The van der Waals surface area contributed by atoms with Crippen LogP contribution in [-0.2, 0) is 0 Å². The summed E-state index contributed by atoms with van der Waals surface area (Å²) >= 11 is 6.01. The molecule has 6 heteroatoms. The minimum absolute atomic E-state index is 0.0602. The smallest absolute Gasteiger partial charge is 0.174 e. The van der Waals surface area contributed by atoms with Crippen molar-refractivity contribution >= 4 is 23.0 Å². The molecule has 3 heterocycles. The van der Waals surface area contributed by atoms with Crippen LogP contribution >= 0.6 is 12.2 Å². The summed E-state index contributed by atoms with van der Waals surface area (Å²) in [5, 5.41) is 4.33. The second-order valence-electron chi connectivity index (χ2n) is 11.4. The van der Waals surface area contributed by atoms with Gasteiger partial charge in [-0.1, -0.05) is 23.8 Å². The van der Waals surface area contributed by atoms with Crippen LogP contribution < -0.4 is 15.0 Å². The van der Waals surface area contributed by atoms with E-state index in [1.165, 1.54) is 52.2 Å². The Hall–Kier alpha value is -3.64. The van der Waals surface area contributed by atoms with Crippen LogP contribution in [0.1, 0.15) is 77.1 Å².